The molecule has 1 aromatic carbocycles. The first-order chi connectivity index (χ1) is 7.69. The summed E-state index contributed by atoms with van der Waals surface area (Å²) in [4.78, 5) is 12.0. The molecule has 16 heavy (non-hydrogen) atoms. The summed E-state index contributed by atoms with van der Waals surface area (Å²) in [5.74, 6) is 0.674. The van der Waals surface area contributed by atoms with Crippen LogP contribution in [-0.4, -0.2) is 5.78 Å². The molecule has 0 aliphatic heterocycles. The summed E-state index contributed by atoms with van der Waals surface area (Å²) in [5.41, 5.74) is 3.03. The van der Waals surface area contributed by atoms with E-state index >= 15 is 0 Å². The third-order valence-electron chi connectivity index (χ3n) is 3.85. The highest BCUT2D eigenvalue weighted by atomic mass is 16.1. The summed E-state index contributed by atoms with van der Waals surface area (Å²) in [5, 5.41) is 0. The van der Waals surface area contributed by atoms with E-state index in [1.165, 1.54) is 5.56 Å². The van der Waals surface area contributed by atoms with Gasteiger partial charge in [-0.25, -0.2) is 0 Å². The van der Waals surface area contributed by atoms with Crippen LogP contribution in [0.2, 0.25) is 0 Å². The first-order valence-electron chi connectivity index (χ1n) is 5.65. The van der Waals surface area contributed by atoms with Crippen molar-refractivity contribution in [1.29, 1.82) is 0 Å². The van der Waals surface area contributed by atoms with E-state index in [0.29, 0.717) is 5.92 Å². The number of ketones is 1. The van der Waals surface area contributed by atoms with Crippen molar-refractivity contribution in [2.24, 2.45) is 5.92 Å². The zero-order chi connectivity index (χ0) is 11.3. The minimum absolute atomic E-state index is 0.0797. The normalized spacial score (nSPS) is 30.9. The highest BCUT2D eigenvalue weighted by Crippen LogP contribution is 2.59. The zero-order valence-electron chi connectivity index (χ0n) is 9.36. The van der Waals surface area contributed by atoms with E-state index in [0.717, 1.165) is 17.6 Å². The molecule has 1 nitrogen and oxygen atoms in total. The van der Waals surface area contributed by atoms with Crippen molar-refractivity contribution in [3.05, 3.63) is 59.7 Å². The van der Waals surface area contributed by atoms with Crippen molar-refractivity contribution in [1.82, 2.24) is 0 Å². The largest absolute Gasteiger partial charge is 0.289 e. The van der Waals surface area contributed by atoms with Crippen molar-refractivity contribution in [2.45, 2.75) is 18.8 Å². The quantitative estimate of drug-likeness (QED) is 0.650. The Labute approximate surface area is 95.5 Å². The van der Waals surface area contributed by atoms with Crippen molar-refractivity contribution in [3.8, 4) is 0 Å². The predicted octanol–water partition coefficient (Wildman–Crippen LogP) is 3.27. The Morgan fingerprint density at radius 1 is 1.44 bits per heavy atom. The number of allylic oxidation sites excluding steroid dienone is 3. The standard InChI is InChI=1S/C15H14O/c1-3-11-9-15(11)8-10(2)14(16)12-6-4-5-7-13(12)15/h3-8,11H,1,9H2,2H3. The number of hydrogen-bond donors (Lipinski definition) is 0. The van der Waals surface area contributed by atoms with Crippen LogP contribution in [0.15, 0.2) is 48.6 Å². The van der Waals surface area contributed by atoms with Gasteiger partial charge in [-0.05, 0) is 30.4 Å². The molecule has 1 aromatic rings. The third-order valence-corrected chi connectivity index (χ3v) is 3.85. The van der Waals surface area contributed by atoms with Crippen molar-refractivity contribution in [3.63, 3.8) is 0 Å². The minimum atomic E-state index is 0.0797. The first kappa shape index (κ1) is 9.59. The topological polar surface area (TPSA) is 17.1 Å². The van der Waals surface area contributed by atoms with E-state index in [1.807, 2.05) is 31.2 Å². The number of benzene rings is 1. The van der Waals surface area contributed by atoms with Gasteiger partial charge >= 0.3 is 0 Å². The van der Waals surface area contributed by atoms with Crippen molar-refractivity contribution < 1.29 is 4.79 Å². The second-order valence-electron chi connectivity index (χ2n) is 4.79. The Kier molecular flexibility index (Phi) is 1.76. The van der Waals surface area contributed by atoms with Gasteiger partial charge in [-0.2, -0.15) is 0 Å². The SMILES string of the molecule is C=CC1CC12C=C(C)C(=O)c1ccccc12. The fraction of sp³-hybridized carbons (Fsp3) is 0.267. The average molecular weight is 210 g/mol. The maximum absolute atomic E-state index is 12.0. The molecule has 2 aliphatic rings. The fourth-order valence-corrected chi connectivity index (χ4v) is 2.90. The van der Waals surface area contributed by atoms with E-state index in [-0.39, 0.29) is 11.2 Å². The van der Waals surface area contributed by atoms with Crippen LogP contribution in [0.1, 0.15) is 29.3 Å². The van der Waals surface area contributed by atoms with Crippen molar-refractivity contribution in [2.75, 3.05) is 0 Å². The molecule has 0 aromatic heterocycles. The summed E-state index contributed by atoms with van der Waals surface area (Å²) in [6.07, 6.45) is 5.25. The Balaban J connectivity index is 2.23. The molecule has 80 valence electrons. The lowest BCUT2D eigenvalue weighted by atomic mass is 9.80. The highest BCUT2D eigenvalue weighted by molar-refractivity contribution is 6.11. The molecule has 1 fully saturated rings. The van der Waals surface area contributed by atoms with Crippen LogP contribution >= 0.6 is 0 Å². The maximum Gasteiger partial charge on any atom is 0.188 e. The van der Waals surface area contributed by atoms with Gasteiger partial charge in [0.15, 0.2) is 5.78 Å². The molecular formula is C15H14O. The molecule has 3 rings (SSSR count). The van der Waals surface area contributed by atoms with E-state index in [2.05, 4.69) is 18.7 Å². The third kappa shape index (κ3) is 1.03. The molecule has 0 heterocycles. The van der Waals surface area contributed by atoms with Gasteiger partial charge in [0.2, 0.25) is 0 Å². The molecule has 0 radical (unpaired) electrons. The molecule has 0 N–H and O–H groups in total. The lowest BCUT2D eigenvalue weighted by Crippen LogP contribution is -2.20. The van der Waals surface area contributed by atoms with Crippen LogP contribution in [0.3, 0.4) is 0 Å². The second-order valence-corrected chi connectivity index (χ2v) is 4.79. The van der Waals surface area contributed by atoms with E-state index < -0.39 is 0 Å². The monoisotopic (exact) mass is 210 g/mol. The van der Waals surface area contributed by atoms with Gasteiger partial charge in [-0.1, -0.05) is 36.4 Å². The number of hydrogen-bond acceptors (Lipinski definition) is 1. The van der Waals surface area contributed by atoms with Gasteiger partial charge in [0, 0.05) is 11.0 Å². The van der Waals surface area contributed by atoms with E-state index in [4.69, 9.17) is 0 Å². The minimum Gasteiger partial charge on any atom is -0.289 e. The van der Waals surface area contributed by atoms with Gasteiger partial charge in [0.25, 0.3) is 0 Å². The number of fused-ring (bicyclic) bond motifs is 2. The molecule has 2 unspecified atom stereocenters. The second kappa shape index (κ2) is 2.94. The van der Waals surface area contributed by atoms with Gasteiger partial charge in [-0.15, -0.1) is 6.58 Å². The fourth-order valence-electron chi connectivity index (χ4n) is 2.90. The summed E-state index contributed by atoms with van der Waals surface area (Å²) in [7, 11) is 0. The smallest absolute Gasteiger partial charge is 0.188 e. The average Bonchev–Trinajstić information content (AvgIpc) is 3.01. The Morgan fingerprint density at radius 2 is 2.19 bits per heavy atom. The molecule has 2 aliphatic carbocycles. The van der Waals surface area contributed by atoms with Gasteiger partial charge < -0.3 is 0 Å². The summed E-state index contributed by atoms with van der Waals surface area (Å²) in [6.45, 7) is 5.79. The van der Waals surface area contributed by atoms with Crippen LogP contribution in [0.4, 0.5) is 0 Å². The summed E-state index contributed by atoms with van der Waals surface area (Å²) >= 11 is 0. The Morgan fingerprint density at radius 3 is 2.88 bits per heavy atom. The van der Waals surface area contributed by atoms with Crippen LogP contribution in [0.25, 0.3) is 0 Å². The molecule has 0 saturated heterocycles. The molecule has 0 amide bonds. The molecule has 2 atom stereocenters. The number of carbonyl (C=O) groups excluding carboxylic acids is 1. The maximum atomic E-state index is 12.0. The van der Waals surface area contributed by atoms with Crippen LogP contribution in [0.5, 0.6) is 0 Å². The zero-order valence-corrected chi connectivity index (χ0v) is 9.36. The Hall–Kier alpha value is -1.63. The highest BCUT2D eigenvalue weighted by Gasteiger charge is 2.54. The van der Waals surface area contributed by atoms with Gasteiger partial charge in [0.05, 0.1) is 0 Å². The molecular weight excluding hydrogens is 196 g/mol. The van der Waals surface area contributed by atoms with Gasteiger partial charge in [0.1, 0.15) is 0 Å². The lowest BCUT2D eigenvalue weighted by molar-refractivity contribution is 0.102. The van der Waals surface area contributed by atoms with Crippen LogP contribution in [0, 0.1) is 5.92 Å². The van der Waals surface area contributed by atoms with Crippen LogP contribution < -0.4 is 0 Å². The van der Waals surface area contributed by atoms with Crippen molar-refractivity contribution >= 4 is 5.78 Å². The lowest BCUT2D eigenvalue weighted by Gasteiger charge is -2.22. The molecule has 1 spiro atoms. The van der Waals surface area contributed by atoms with E-state index in [9.17, 15) is 4.79 Å². The molecule has 0 bridgehead atoms. The summed E-state index contributed by atoms with van der Waals surface area (Å²) < 4.78 is 0. The predicted molar refractivity (Wildman–Crippen MR) is 64.5 cm³/mol. The number of carbonyl (C=O) groups is 1. The summed E-state index contributed by atoms with van der Waals surface area (Å²) in [6, 6.07) is 7.98. The number of rotatable bonds is 1. The van der Waals surface area contributed by atoms with Gasteiger partial charge in [-0.3, -0.25) is 4.79 Å². The Bertz CT molecular complexity index is 524. The molecule has 1 saturated carbocycles. The number of Topliss-reactive ketones (excluding diaryl/α,β-unsaturated/α-hetero) is 1. The molecule has 1 heteroatoms. The van der Waals surface area contributed by atoms with Crippen LogP contribution in [-0.2, 0) is 5.41 Å². The first-order valence-corrected chi connectivity index (χ1v) is 5.65. The van der Waals surface area contributed by atoms with E-state index in [1.54, 1.807) is 0 Å².